The first kappa shape index (κ1) is 30.5. The van der Waals surface area contributed by atoms with E-state index in [4.69, 9.17) is 4.74 Å². The molecule has 0 heterocycles. The lowest BCUT2D eigenvalue weighted by Gasteiger charge is -2.08. The number of benzene rings is 4. The molecule has 39 heavy (non-hydrogen) atoms. The fraction of sp³-hybridized carbons (Fsp3) is 0.273. The summed E-state index contributed by atoms with van der Waals surface area (Å²) >= 11 is 0. The molecule has 0 saturated heterocycles. The SMILES string of the molecule is CCCCCCCCc1ccc(S(=O)(=O)[O-])cc1.COc1ccc([S+](c2ccccc2)c2ccccc2)cc1. The summed E-state index contributed by atoms with van der Waals surface area (Å²) in [4.78, 5) is 3.81. The Morgan fingerprint density at radius 2 is 1.13 bits per heavy atom. The lowest BCUT2D eigenvalue weighted by Crippen LogP contribution is -2.04. The Morgan fingerprint density at radius 1 is 0.641 bits per heavy atom. The molecule has 0 unspecified atom stereocenters. The van der Waals surface area contributed by atoms with Crippen LogP contribution >= 0.6 is 0 Å². The van der Waals surface area contributed by atoms with Gasteiger partial charge in [-0.25, -0.2) is 8.42 Å². The van der Waals surface area contributed by atoms with Crippen LogP contribution in [0.3, 0.4) is 0 Å². The first-order chi connectivity index (χ1) is 18.9. The van der Waals surface area contributed by atoms with Crippen molar-refractivity contribution in [1.82, 2.24) is 0 Å². The van der Waals surface area contributed by atoms with E-state index in [2.05, 4.69) is 79.7 Å². The minimum Gasteiger partial charge on any atom is -0.744 e. The summed E-state index contributed by atoms with van der Waals surface area (Å²) in [5.41, 5.74) is 1.10. The van der Waals surface area contributed by atoms with E-state index in [-0.39, 0.29) is 15.8 Å². The van der Waals surface area contributed by atoms with Crippen LogP contribution in [0.5, 0.6) is 5.75 Å². The van der Waals surface area contributed by atoms with Gasteiger partial charge in [0.25, 0.3) is 0 Å². The van der Waals surface area contributed by atoms with E-state index in [1.807, 2.05) is 12.1 Å². The summed E-state index contributed by atoms with van der Waals surface area (Å²) in [6.07, 6.45) is 8.39. The highest BCUT2D eigenvalue weighted by Crippen LogP contribution is 2.31. The van der Waals surface area contributed by atoms with Gasteiger partial charge in [-0.1, -0.05) is 87.6 Å². The van der Waals surface area contributed by atoms with E-state index in [1.165, 1.54) is 58.9 Å². The van der Waals surface area contributed by atoms with Crippen molar-refractivity contribution in [2.75, 3.05) is 7.11 Å². The number of hydrogen-bond donors (Lipinski definition) is 0. The minimum atomic E-state index is -4.31. The highest BCUT2D eigenvalue weighted by molar-refractivity contribution is 7.97. The number of unbranched alkanes of at least 4 members (excludes halogenated alkanes) is 5. The highest BCUT2D eigenvalue weighted by Gasteiger charge is 2.28. The first-order valence-electron chi connectivity index (χ1n) is 13.5. The second-order valence-corrected chi connectivity index (χ2v) is 12.6. The summed E-state index contributed by atoms with van der Waals surface area (Å²) in [7, 11) is -2.69. The van der Waals surface area contributed by atoms with Crippen LogP contribution in [0.15, 0.2) is 129 Å². The zero-order valence-electron chi connectivity index (χ0n) is 22.8. The number of rotatable bonds is 12. The lowest BCUT2D eigenvalue weighted by molar-refractivity contribution is 0.414. The van der Waals surface area contributed by atoms with Crippen molar-refractivity contribution >= 4 is 21.0 Å². The molecule has 0 fully saturated rings. The van der Waals surface area contributed by atoms with Gasteiger partial charge in [0.2, 0.25) is 0 Å². The molecular weight excluding hydrogens is 524 g/mol. The summed E-state index contributed by atoms with van der Waals surface area (Å²) in [6.45, 7) is 2.20. The van der Waals surface area contributed by atoms with Gasteiger partial charge in [-0.2, -0.15) is 0 Å². The van der Waals surface area contributed by atoms with Crippen LogP contribution < -0.4 is 4.74 Å². The Balaban J connectivity index is 0.000000219. The average Bonchev–Trinajstić information content (AvgIpc) is 2.97. The Morgan fingerprint density at radius 3 is 1.62 bits per heavy atom. The van der Waals surface area contributed by atoms with E-state index in [0.29, 0.717) is 0 Å². The van der Waals surface area contributed by atoms with Crippen LogP contribution in [0.2, 0.25) is 0 Å². The zero-order valence-corrected chi connectivity index (χ0v) is 24.4. The summed E-state index contributed by atoms with van der Waals surface area (Å²) in [5.74, 6) is 0.892. The molecule has 0 aliphatic rings. The smallest absolute Gasteiger partial charge is 0.166 e. The maximum atomic E-state index is 10.7. The third-order valence-corrected chi connectivity index (χ3v) is 9.36. The van der Waals surface area contributed by atoms with E-state index in [0.717, 1.165) is 24.2 Å². The molecule has 0 aliphatic heterocycles. The standard InChI is InChI=1S/C19H17OS.C14H22O3S/c1-20-16-12-14-19(15-13-16)21(17-8-4-2-5-9-17)18-10-6-3-7-11-18;1-2-3-4-5-6-7-8-13-9-11-14(12-10-13)18(15,16)17/h2-15H,1H3;9-12H,2-8H2,1H3,(H,15,16,17)/q+1;/p-1. The summed E-state index contributed by atoms with van der Waals surface area (Å²) in [6, 6.07) is 35.9. The molecule has 0 amide bonds. The molecule has 0 N–H and O–H groups in total. The van der Waals surface area contributed by atoms with Crippen molar-refractivity contribution in [2.24, 2.45) is 0 Å². The first-order valence-corrected chi connectivity index (χ1v) is 16.1. The second kappa shape index (κ2) is 16.1. The predicted octanol–water partition coefficient (Wildman–Crippen LogP) is 8.28. The van der Waals surface area contributed by atoms with Crippen molar-refractivity contribution in [2.45, 2.75) is 71.5 Å². The van der Waals surface area contributed by atoms with Crippen LogP contribution in [-0.2, 0) is 27.4 Å². The number of ether oxygens (including phenoxy) is 1. The number of aryl methyl sites for hydroxylation is 1. The van der Waals surface area contributed by atoms with Crippen molar-refractivity contribution in [3.05, 3.63) is 115 Å². The van der Waals surface area contributed by atoms with Crippen LogP contribution in [-0.4, -0.2) is 20.1 Å². The van der Waals surface area contributed by atoms with Gasteiger partial charge in [-0.05, 0) is 79.1 Å². The fourth-order valence-corrected chi connectivity index (χ4v) is 6.72. The normalized spacial score (nSPS) is 11.1. The van der Waals surface area contributed by atoms with Gasteiger partial charge in [0, 0.05) is 0 Å². The molecule has 4 aromatic carbocycles. The largest absolute Gasteiger partial charge is 0.744 e. The molecule has 0 bridgehead atoms. The van der Waals surface area contributed by atoms with Gasteiger partial charge in [-0.15, -0.1) is 0 Å². The Kier molecular flexibility index (Phi) is 12.6. The Bertz CT molecular complexity index is 1280. The van der Waals surface area contributed by atoms with E-state index >= 15 is 0 Å². The molecule has 0 aliphatic carbocycles. The van der Waals surface area contributed by atoms with Gasteiger partial charge < -0.3 is 9.29 Å². The van der Waals surface area contributed by atoms with Gasteiger partial charge in [0.1, 0.15) is 15.9 Å². The maximum Gasteiger partial charge on any atom is 0.166 e. The van der Waals surface area contributed by atoms with Crippen LogP contribution in [0.1, 0.15) is 51.0 Å². The molecule has 0 atom stereocenters. The molecule has 4 aromatic rings. The van der Waals surface area contributed by atoms with Gasteiger partial charge >= 0.3 is 0 Å². The third kappa shape index (κ3) is 10.2. The van der Waals surface area contributed by atoms with Crippen molar-refractivity contribution in [3.63, 3.8) is 0 Å². The van der Waals surface area contributed by atoms with Gasteiger partial charge in [0.05, 0.1) is 22.9 Å². The second-order valence-electron chi connectivity index (χ2n) is 9.22. The van der Waals surface area contributed by atoms with Crippen molar-refractivity contribution < 1.29 is 17.7 Å². The molecule has 0 spiro atoms. The predicted molar refractivity (Wildman–Crippen MR) is 160 cm³/mol. The quantitative estimate of drug-likeness (QED) is 0.0990. The van der Waals surface area contributed by atoms with Crippen molar-refractivity contribution in [1.29, 1.82) is 0 Å². The summed E-state index contributed by atoms with van der Waals surface area (Å²) < 4.78 is 37.5. The fourth-order valence-electron chi connectivity index (χ4n) is 4.17. The molecular formula is C33H38O4S2. The van der Waals surface area contributed by atoms with E-state index in [9.17, 15) is 13.0 Å². The van der Waals surface area contributed by atoms with Crippen LogP contribution in [0.4, 0.5) is 0 Å². The molecule has 0 aromatic heterocycles. The third-order valence-electron chi connectivity index (χ3n) is 6.28. The number of hydrogen-bond acceptors (Lipinski definition) is 4. The lowest BCUT2D eigenvalue weighted by atomic mass is 10.1. The monoisotopic (exact) mass is 562 g/mol. The molecule has 0 saturated carbocycles. The highest BCUT2D eigenvalue weighted by atomic mass is 32.2. The van der Waals surface area contributed by atoms with Crippen LogP contribution in [0, 0.1) is 0 Å². The number of methoxy groups -OCH3 is 1. The zero-order chi connectivity index (χ0) is 27.9. The van der Waals surface area contributed by atoms with Crippen molar-refractivity contribution in [3.8, 4) is 5.75 Å². The molecule has 206 valence electrons. The topological polar surface area (TPSA) is 66.4 Å². The maximum absolute atomic E-state index is 10.7. The van der Waals surface area contributed by atoms with Gasteiger partial charge in [-0.3, -0.25) is 0 Å². The molecule has 6 heteroatoms. The van der Waals surface area contributed by atoms with E-state index < -0.39 is 10.1 Å². The molecule has 4 nitrogen and oxygen atoms in total. The van der Waals surface area contributed by atoms with Gasteiger partial charge in [0.15, 0.2) is 14.7 Å². The van der Waals surface area contributed by atoms with Crippen LogP contribution in [0.25, 0.3) is 0 Å². The molecule has 0 radical (unpaired) electrons. The Hall–Kier alpha value is -3.06. The van der Waals surface area contributed by atoms with E-state index in [1.54, 1.807) is 19.2 Å². The minimum absolute atomic E-state index is 0.0804. The molecule has 4 rings (SSSR count). The Labute approximate surface area is 237 Å². The summed E-state index contributed by atoms with van der Waals surface area (Å²) in [5, 5.41) is 0. The average molecular weight is 563 g/mol.